The number of hydrogen-bond donors (Lipinski definition) is 1. The Morgan fingerprint density at radius 2 is 2.29 bits per heavy atom. The number of fused-ring (bicyclic) bond motifs is 1. The van der Waals surface area contributed by atoms with Crippen molar-refractivity contribution in [1.29, 1.82) is 0 Å². The number of thiazole rings is 1. The monoisotopic (exact) mass is 303 g/mol. The van der Waals surface area contributed by atoms with Crippen molar-refractivity contribution in [1.82, 2.24) is 15.2 Å². The smallest absolute Gasteiger partial charge is 0.225 e. The van der Waals surface area contributed by atoms with Gasteiger partial charge in [0, 0.05) is 19.0 Å². The lowest BCUT2D eigenvalue weighted by molar-refractivity contribution is -0.135. The lowest BCUT2D eigenvalue weighted by Gasteiger charge is -2.30. The molecular formula is C16H21N3OS. The number of aromatic nitrogens is 1. The maximum atomic E-state index is 12.5. The molecule has 1 fully saturated rings. The van der Waals surface area contributed by atoms with Gasteiger partial charge in [-0.1, -0.05) is 12.1 Å². The second-order valence-electron chi connectivity index (χ2n) is 5.85. The molecule has 1 aliphatic heterocycles. The first-order valence-corrected chi connectivity index (χ1v) is 8.28. The summed E-state index contributed by atoms with van der Waals surface area (Å²) in [7, 11) is 1.89. The number of amides is 1. The van der Waals surface area contributed by atoms with E-state index in [-0.39, 0.29) is 11.8 Å². The number of piperidine rings is 1. The van der Waals surface area contributed by atoms with E-state index in [0.717, 1.165) is 29.9 Å². The van der Waals surface area contributed by atoms with Crippen molar-refractivity contribution >= 4 is 27.5 Å². The first-order chi connectivity index (χ1) is 10.1. The van der Waals surface area contributed by atoms with Crippen LogP contribution in [0.1, 0.15) is 24.8 Å². The Bertz CT molecular complexity index is 606. The molecule has 1 saturated heterocycles. The lowest BCUT2D eigenvalue weighted by atomic mass is 9.92. The molecule has 0 radical (unpaired) electrons. The number of rotatable bonds is 3. The molecule has 0 saturated carbocycles. The highest BCUT2D eigenvalue weighted by molar-refractivity contribution is 7.18. The Morgan fingerprint density at radius 3 is 3.05 bits per heavy atom. The molecule has 1 aromatic carbocycles. The average Bonchev–Trinajstić information content (AvgIpc) is 2.88. The van der Waals surface area contributed by atoms with Gasteiger partial charge in [-0.2, -0.15) is 0 Å². The number of para-hydroxylation sites is 1. The minimum absolute atomic E-state index is 0.153. The summed E-state index contributed by atoms with van der Waals surface area (Å²) < 4.78 is 1.18. The molecule has 2 heterocycles. The summed E-state index contributed by atoms with van der Waals surface area (Å²) in [5.74, 6) is 0.406. The Morgan fingerprint density at radius 1 is 1.48 bits per heavy atom. The van der Waals surface area contributed by atoms with Crippen LogP contribution in [0.25, 0.3) is 10.2 Å². The zero-order valence-electron chi connectivity index (χ0n) is 12.5. The molecule has 3 rings (SSSR count). The summed E-state index contributed by atoms with van der Waals surface area (Å²) in [6.07, 6.45) is 1.87. The Labute approximate surface area is 129 Å². The van der Waals surface area contributed by atoms with E-state index in [0.29, 0.717) is 12.6 Å². The van der Waals surface area contributed by atoms with E-state index in [1.54, 1.807) is 11.3 Å². The van der Waals surface area contributed by atoms with Crippen molar-refractivity contribution in [2.45, 2.75) is 32.4 Å². The van der Waals surface area contributed by atoms with Crippen molar-refractivity contribution in [3.05, 3.63) is 29.3 Å². The average molecular weight is 303 g/mol. The standard InChI is InChI=1S/C16H21N3OS/c1-11-9-12(7-8-17-11)16(20)19(2)10-15-18-13-5-3-4-6-14(13)21-15/h3-6,11-12,17H,7-10H2,1-2H3/t11-,12-/m0/s1. The van der Waals surface area contributed by atoms with Gasteiger partial charge in [0.05, 0.1) is 16.8 Å². The first-order valence-electron chi connectivity index (χ1n) is 7.46. The van der Waals surface area contributed by atoms with Crippen LogP contribution in [0.3, 0.4) is 0 Å². The maximum Gasteiger partial charge on any atom is 0.225 e. The second-order valence-corrected chi connectivity index (χ2v) is 6.96. The molecule has 21 heavy (non-hydrogen) atoms. The zero-order chi connectivity index (χ0) is 14.8. The SMILES string of the molecule is C[C@H]1C[C@@H](C(=O)N(C)Cc2nc3ccccc3s2)CCN1. The Hall–Kier alpha value is -1.46. The number of nitrogens with zero attached hydrogens (tertiary/aromatic N) is 2. The molecule has 112 valence electrons. The van der Waals surface area contributed by atoms with Crippen LogP contribution in [0.5, 0.6) is 0 Å². The fourth-order valence-corrected chi connectivity index (χ4v) is 3.96. The van der Waals surface area contributed by atoms with E-state index >= 15 is 0 Å². The summed E-state index contributed by atoms with van der Waals surface area (Å²) in [5.41, 5.74) is 1.02. The first kappa shape index (κ1) is 14.5. The van der Waals surface area contributed by atoms with Crippen LogP contribution >= 0.6 is 11.3 Å². The van der Waals surface area contributed by atoms with Gasteiger partial charge in [-0.15, -0.1) is 11.3 Å². The number of nitrogens with one attached hydrogen (secondary N) is 1. The molecule has 4 nitrogen and oxygen atoms in total. The van der Waals surface area contributed by atoms with E-state index in [2.05, 4.69) is 23.3 Å². The molecule has 1 aromatic heterocycles. The van der Waals surface area contributed by atoms with E-state index in [4.69, 9.17) is 0 Å². The Kier molecular flexibility index (Phi) is 4.22. The minimum atomic E-state index is 0.153. The molecule has 0 unspecified atom stereocenters. The molecule has 1 aliphatic rings. The van der Waals surface area contributed by atoms with Crippen molar-refractivity contribution < 1.29 is 4.79 Å². The zero-order valence-corrected chi connectivity index (χ0v) is 13.3. The van der Waals surface area contributed by atoms with E-state index in [1.165, 1.54) is 4.70 Å². The topological polar surface area (TPSA) is 45.2 Å². The van der Waals surface area contributed by atoms with Crippen LogP contribution in [-0.4, -0.2) is 35.4 Å². The van der Waals surface area contributed by atoms with E-state index < -0.39 is 0 Å². The van der Waals surface area contributed by atoms with Gasteiger partial charge in [0.1, 0.15) is 5.01 Å². The minimum Gasteiger partial charge on any atom is -0.339 e. The number of benzene rings is 1. The van der Waals surface area contributed by atoms with Gasteiger partial charge in [-0.05, 0) is 38.4 Å². The van der Waals surface area contributed by atoms with Gasteiger partial charge < -0.3 is 10.2 Å². The van der Waals surface area contributed by atoms with Crippen LogP contribution < -0.4 is 5.32 Å². The van der Waals surface area contributed by atoms with Crippen molar-refractivity contribution in [3.8, 4) is 0 Å². The summed E-state index contributed by atoms with van der Waals surface area (Å²) in [4.78, 5) is 19.0. The molecule has 2 atom stereocenters. The van der Waals surface area contributed by atoms with Crippen LogP contribution in [0.4, 0.5) is 0 Å². The fraction of sp³-hybridized carbons (Fsp3) is 0.500. The predicted molar refractivity (Wildman–Crippen MR) is 86.3 cm³/mol. The summed E-state index contributed by atoms with van der Waals surface area (Å²) in [6.45, 7) is 3.69. The molecule has 2 aromatic rings. The van der Waals surface area contributed by atoms with Crippen LogP contribution in [0, 0.1) is 5.92 Å². The summed E-state index contributed by atoms with van der Waals surface area (Å²) in [5, 5.41) is 4.40. The van der Waals surface area contributed by atoms with Gasteiger partial charge in [0.25, 0.3) is 0 Å². The molecule has 0 spiro atoms. The molecule has 5 heteroatoms. The van der Waals surface area contributed by atoms with Gasteiger partial charge in [0.2, 0.25) is 5.91 Å². The Balaban J connectivity index is 1.67. The van der Waals surface area contributed by atoms with Gasteiger partial charge >= 0.3 is 0 Å². The number of carbonyl (C=O) groups is 1. The van der Waals surface area contributed by atoms with Crippen LogP contribution in [-0.2, 0) is 11.3 Å². The molecule has 1 amide bonds. The van der Waals surface area contributed by atoms with E-state index in [9.17, 15) is 4.79 Å². The highest BCUT2D eigenvalue weighted by Gasteiger charge is 2.27. The molecule has 1 N–H and O–H groups in total. The van der Waals surface area contributed by atoms with Crippen molar-refractivity contribution in [2.24, 2.45) is 5.92 Å². The largest absolute Gasteiger partial charge is 0.339 e. The quantitative estimate of drug-likeness (QED) is 0.948. The van der Waals surface area contributed by atoms with Gasteiger partial charge in [-0.3, -0.25) is 4.79 Å². The van der Waals surface area contributed by atoms with Gasteiger partial charge in [-0.25, -0.2) is 4.98 Å². The van der Waals surface area contributed by atoms with Crippen LogP contribution in [0.2, 0.25) is 0 Å². The molecular weight excluding hydrogens is 282 g/mol. The predicted octanol–water partition coefficient (Wildman–Crippen LogP) is 2.64. The summed E-state index contributed by atoms with van der Waals surface area (Å²) in [6, 6.07) is 8.55. The normalized spacial score (nSPS) is 22.4. The van der Waals surface area contributed by atoms with Crippen molar-refractivity contribution in [3.63, 3.8) is 0 Å². The summed E-state index contributed by atoms with van der Waals surface area (Å²) >= 11 is 1.67. The third-order valence-corrected chi connectivity index (χ3v) is 5.08. The second kappa shape index (κ2) is 6.12. The van der Waals surface area contributed by atoms with Gasteiger partial charge in [0.15, 0.2) is 0 Å². The third kappa shape index (κ3) is 3.24. The number of carbonyl (C=O) groups excluding carboxylic acids is 1. The highest BCUT2D eigenvalue weighted by Crippen LogP contribution is 2.24. The fourth-order valence-electron chi connectivity index (χ4n) is 2.94. The highest BCUT2D eigenvalue weighted by atomic mass is 32.1. The molecule has 0 bridgehead atoms. The lowest BCUT2D eigenvalue weighted by Crippen LogP contribution is -2.42. The van der Waals surface area contributed by atoms with Crippen LogP contribution in [0.15, 0.2) is 24.3 Å². The van der Waals surface area contributed by atoms with E-state index in [1.807, 2.05) is 30.1 Å². The van der Waals surface area contributed by atoms with Crippen molar-refractivity contribution in [2.75, 3.05) is 13.6 Å². The molecule has 0 aliphatic carbocycles. The number of hydrogen-bond acceptors (Lipinski definition) is 4. The third-order valence-electron chi connectivity index (χ3n) is 4.06. The maximum absolute atomic E-state index is 12.5.